The summed E-state index contributed by atoms with van der Waals surface area (Å²) in [7, 11) is 0. The van der Waals surface area contributed by atoms with Gasteiger partial charge < -0.3 is 9.47 Å². The monoisotopic (exact) mass is 364 g/mol. The van der Waals surface area contributed by atoms with E-state index in [1.54, 1.807) is 0 Å². The van der Waals surface area contributed by atoms with E-state index in [0.717, 1.165) is 24.7 Å². The summed E-state index contributed by atoms with van der Waals surface area (Å²) < 4.78 is 13.8. The third-order valence-corrected chi connectivity index (χ3v) is 7.77. The first kappa shape index (κ1) is 20.6. The van der Waals surface area contributed by atoms with Crippen LogP contribution in [0.15, 0.2) is 0 Å². The molecule has 6 atom stereocenters. The Morgan fingerprint density at radius 2 is 1.12 bits per heavy atom. The van der Waals surface area contributed by atoms with Crippen LogP contribution >= 0.6 is 0 Å². The molecule has 0 amide bonds. The predicted octanol–water partition coefficient (Wildman–Crippen LogP) is 6.82. The average molecular weight is 365 g/mol. The highest BCUT2D eigenvalue weighted by Gasteiger charge is 2.47. The Morgan fingerprint density at radius 1 is 0.692 bits per heavy atom. The van der Waals surface area contributed by atoms with E-state index in [9.17, 15) is 0 Å². The van der Waals surface area contributed by atoms with Gasteiger partial charge >= 0.3 is 0 Å². The quantitative estimate of drug-likeness (QED) is 0.481. The van der Waals surface area contributed by atoms with Crippen molar-refractivity contribution >= 4 is 0 Å². The first-order valence-electron chi connectivity index (χ1n) is 11.7. The van der Waals surface area contributed by atoms with Gasteiger partial charge in [-0.05, 0) is 67.6 Å². The molecule has 3 fully saturated rings. The molecule has 0 saturated heterocycles. The smallest absolute Gasteiger partial charge is 0.169 e. The largest absolute Gasteiger partial charge is 0.346 e. The molecule has 0 bridgehead atoms. The van der Waals surface area contributed by atoms with Gasteiger partial charge in [-0.15, -0.1) is 0 Å². The Balaban J connectivity index is 1.69. The van der Waals surface area contributed by atoms with Crippen LogP contribution < -0.4 is 0 Å². The van der Waals surface area contributed by atoms with Crippen LogP contribution in [0.3, 0.4) is 0 Å². The van der Waals surface area contributed by atoms with Gasteiger partial charge in [0, 0.05) is 12.8 Å². The fraction of sp³-hybridized carbons (Fsp3) is 1.00. The third kappa shape index (κ3) is 4.66. The molecule has 0 aromatic heterocycles. The molecule has 0 radical (unpaired) electrons. The second-order valence-electron chi connectivity index (χ2n) is 10.7. The van der Waals surface area contributed by atoms with Crippen molar-refractivity contribution in [1.29, 1.82) is 0 Å². The summed E-state index contributed by atoms with van der Waals surface area (Å²) in [4.78, 5) is 0. The van der Waals surface area contributed by atoms with E-state index in [4.69, 9.17) is 9.47 Å². The zero-order valence-corrected chi connectivity index (χ0v) is 18.3. The number of rotatable bonds is 6. The normalized spacial score (nSPS) is 40.6. The van der Waals surface area contributed by atoms with E-state index in [2.05, 4.69) is 41.5 Å². The lowest BCUT2D eigenvalue weighted by Crippen LogP contribution is -2.52. The molecule has 0 aromatic carbocycles. The second kappa shape index (κ2) is 8.52. The Morgan fingerprint density at radius 3 is 1.42 bits per heavy atom. The van der Waals surface area contributed by atoms with Crippen molar-refractivity contribution in [3.63, 3.8) is 0 Å². The Hall–Kier alpha value is -0.0800. The van der Waals surface area contributed by atoms with E-state index < -0.39 is 0 Å². The van der Waals surface area contributed by atoms with Crippen LogP contribution in [0, 0.1) is 35.5 Å². The minimum absolute atomic E-state index is 0.260. The van der Waals surface area contributed by atoms with Gasteiger partial charge in [-0.1, -0.05) is 54.4 Å². The Bertz CT molecular complexity index is 403. The maximum Gasteiger partial charge on any atom is 0.169 e. The highest BCUT2D eigenvalue weighted by molar-refractivity contribution is 4.91. The summed E-state index contributed by atoms with van der Waals surface area (Å²) in [6.45, 7) is 14.3. The number of ether oxygens (including phenoxy) is 2. The van der Waals surface area contributed by atoms with Crippen LogP contribution in [0.5, 0.6) is 0 Å². The average Bonchev–Trinajstić information content (AvgIpc) is 2.52. The van der Waals surface area contributed by atoms with Gasteiger partial charge in [0.05, 0.1) is 12.2 Å². The van der Waals surface area contributed by atoms with Crippen LogP contribution in [0.25, 0.3) is 0 Å². The van der Waals surface area contributed by atoms with Crippen LogP contribution in [0.2, 0.25) is 0 Å². The van der Waals surface area contributed by atoms with E-state index in [0.29, 0.717) is 35.9 Å². The number of hydrogen-bond acceptors (Lipinski definition) is 2. The van der Waals surface area contributed by atoms with Gasteiger partial charge in [0.2, 0.25) is 0 Å². The fourth-order valence-corrected chi connectivity index (χ4v) is 5.78. The van der Waals surface area contributed by atoms with Crippen molar-refractivity contribution in [2.45, 2.75) is 117 Å². The molecule has 3 rings (SSSR count). The lowest BCUT2D eigenvalue weighted by atomic mass is 9.74. The first-order valence-corrected chi connectivity index (χ1v) is 11.7. The molecule has 0 spiro atoms. The van der Waals surface area contributed by atoms with E-state index in [1.165, 1.54) is 44.9 Å². The molecule has 6 unspecified atom stereocenters. The van der Waals surface area contributed by atoms with Gasteiger partial charge in [-0.25, -0.2) is 0 Å². The summed E-state index contributed by atoms with van der Waals surface area (Å²) in [5.74, 6) is 4.17. The minimum Gasteiger partial charge on any atom is -0.346 e. The summed E-state index contributed by atoms with van der Waals surface area (Å²) in [6, 6.07) is 0. The topological polar surface area (TPSA) is 18.5 Å². The van der Waals surface area contributed by atoms with Gasteiger partial charge in [0.1, 0.15) is 0 Å². The van der Waals surface area contributed by atoms with E-state index in [1.807, 2.05) is 0 Å². The third-order valence-electron chi connectivity index (χ3n) is 7.77. The molecule has 3 saturated carbocycles. The molecule has 3 aliphatic carbocycles. The summed E-state index contributed by atoms with van der Waals surface area (Å²) >= 11 is 0. The van der Waals surface area contributed by atoms with Gasteiger partial charge in [-0.3, -0.25) is 0 Å². The summed E-state index contributed by atoms with van der Waals surface area (Å²) in [5, 5.41) is 0. The van der Waals surface area contributed by atoms with Crippen LogP contribution in [0.4, 0.5) is 0 Å². The zero-order valence-electron chi connectivity index (χ0n) is 18.3. The minimum atomic E-state index is -0.260. The predicted molar refractivity (Wildman–Crippen MR) is 109 cm³/mol. The molecule has 2 heteroatoms. The van der Waals surface area contributed by atoms with E-state index in [-0.39, 0.29) is 5.79 Å². The van der Waals surface area contributed by atoms with Crippen LogP contribution in [-0.2, 0) is 9.47 Å². The van der Waals surface area contributed by atoms with Crippen LogP contribution in [-0.4, -0.2) is 18.0 Å². The highest BCUT2D eigenvalue weighted by atomic mass is 16.7. The van der Waals surface area contributed by atoms with E-state index >= 15 is 0 Å². The van der Waals surface area contributed by atoms with Gasteiger partial charge in [0.25, 0.3) is 0 Å². The molecule has 0 aromatic rings. The fourth-order valence-electron chi connectivity index (χ4n) is 5.78. The lowest BCUT2D eigenvalue weighted by molar-refractivity contribution is -0.335. The molecule has 26 heavy (non-hydrogen) atoms. The second-order valence-corrected chi connectivity index (χ2v) is 10.7. The molecule has 152 valence electrons. The van der Waals surface area contributed by atoms with Crippen LogP contribution in [0.1, 0.15) is 99.3 Å². The summed E-state index contributed by atoms with van der Waals surface area (Å²) in [6.07, 6.45) is 12.1. The lowest BCUT2D eigenvalue weighted by Gasteiger charge is -2.51. The van der Waals surface area contributed by atoms with Crippen molar-refractivity contribution in [2.24, 2.45) is 35.5 Å². The molecule has 2 nitrogen and oxygen atoms in total. The van der Waals surface area contributed by atoms with Gasteiger partial charge in [-0.2, -0.15) is 0 Å². The maximum absolute atomic E-state index is 6.90. The molecule has 0 heterocycles. The molecule has 0 aliphatic heterocycles. The van der Waals surface area contributed by atoms with Crippen molar-refractivity contribution in [3.8, 4) is 0 Å². The van der Waals surface area contributed by atoms with Gasteiger partial charge in [0.15, 0.2) is 5.79 Å². The van der Waals surface area contributed by atoms with Crippen molar-refractivity contribution in [1.82, 2.24) is 0 Å². The van der Waals surface area contributed by atoms with Crippen molar-refractivity contribution in [3.05, 3.63) is 0 Å². The first-order chi connectivity index (χ1) is 12.3. The summed E-state index contributed by atoms with van der Waals surface area (Å²) in [5.41, 5.74) is 0. The van der Waals surface area contributed by atoms with Crippen molar-refractivity contribution < 1.29 is 9.47 Å². The molecule has 3 aliphatic rings. The SMILES string of the molecule is CC1CCC(C(C)C)C(OC2(OC3CC(C)CCC3C(C)C)CCC2)C1. The molecular formula is C24H44O2. The molecule has 0 N–H and O–H groups in total. The van der Waals surface area contributed by atoms with Crippen molar-refractivity contribution in [2.75, 3.05) is 0 Å². The Kier molecular flexibility index (Phi) is 6.76. The number of hydrogen-bond donors (Lipinski definition) is 0. The Labute approximate surface area is 162 Å². The highest BCUT2D eigenvalue weighted by Crippen LogP contribution is 2.47. The molecular weight excluding hydrogens is 320 g/mol. The standard InChI is InChI=1S/C24H44O2/c1-16(2)20-10-8-18(5)14-22(20)25-24(12-7-13-24)26-23-15-19(6)9-11-21(23)17(3)4/h16-23H,7-15H2,1-6H3. The maximum atomic E-state index is 6.90. The zero-order chi connectivity index (χ0) is 18.9.